The first-order chi connectivity index (χ1) is 7.18. The van der Waals surface area contributed by atoms with Gasteiger partial charge < -0.3 is 10.6 Å². The molecule has 0 radical (unpaired) electrons. The predicted molar refractivity (Wildman–Crippen MR) is 63.3 cm³/mol. The van der Waals surface area contributed by atoms with E-state index in [1.807, 2.05) is 13.8 Å². The number of nitrogens with zero attached hydrogens (tertiary/aromatic N) is 1. The summed E-state index contributed by atoms with van der Waals surface area (Å²) >= 11 is 4.46. The van der Waals surface area contributed by atoms with Crippen LogP contribution in [0, 0.1) is 11.8 Å². The third-order valence-corrected chi connectivity index (χ3v) is 2.84. The van der Waals surface area contributed by atoms with Crippen molar-refractivity contribution in [2.24, 2.45) is 17.6 Å². The Bertz CT molecular complexity index is 231. The van der Waals surface area contributed by atoms with Gasteiger partial charge in [-0.05, 0) is 13.0 Å². The lowest BCUT2D eigenvalue weighted by Crippen LogP contribution is -2.43. The van der Waals surface area contributed by atoms with Gasteiger partial charge in [0, 0.05) is 13.1 Å². The topological polar surface area (TPSA) is 29.3 Å². The molecule has 2 unspecified atom stereocenters. The molecule has 0 aliphatic carbocycles. The maximum absolute atomic E-state index is 12.6. The lowest BCUT2D eigenvalue weighted by Gasteiger charge is -2.26. The highest BCUT2D eigenvalue weighted by atomic mass is 32.1. The van der Waals surface area contributed by atoms with Crippen LogP contribution < -0.4 is 5.73 Å². The number of hydrogen-bond acceptors (Lipinski definition) is 2. The summed E-state index contributed by atoms with van der Waals surface area (Å²) in [5.41, 5.74) is 5.12. The molecule has 2 atom stereocenters. The Labute approximate surface area is 100.0 Å². The molecule has 0 aromatic heterocycles. The second-order valence-electron chi connectivity index (χ2n) is 4.23. The van der Waals surface area contributed by atoms with Gasteiger partial charge in [-0.2, -0.15) is 13.2 Å². The van der Waals surface area contributed by atoms with Crippen molar-refractivity contribution >= 4 is 17.2 Å². The Hall–Kier alpha value is -0.360. The summed E-state index contributed by atoms with van der Waals surface area (Å²) in [6.45, 7) is 4.46. The third-order valence-electron chi connectivity index (χ3n) is 2.55. The molecular formula is C10H19F3N2S. The van der Waals surface area contributed by atoms with Gasteiger partial charge >= 0.3 is 6.18 Å². The molecule has 0 bridgehead atoms. The molecule has 0 amide bonds. The van der Waals surface area contributed by atoms with Crippen LogP contribution in [0.1, 0.15) is 20.3 Å². The van der Waals surface area contributed by atoms with Crippen LogP contribution in [0.2, 0.25) is 0 Å². The van der Waals surface area contributed by atoms with E-state index in [0.717, 1.165) is 6.42 Å². The zero-order chi connectivity index (χ0) is 12.9. The molecule has 2 nitrogen and oxygen atoms in total. The Morgan fingerprint density at radius 2 is 1.88 bits per heavy atom. The SMILES string of the molecule is CCC(C)CN(C)CC(C(N)=S)C(F)(F)F. The van der Waals surface area contributed by atoms with Gasteiger partial charge in [0.15, 0.2) is 0 Å². The third kappa shape index (κ3) is 5.65. The predicted octanol–water partition coefficient (Wildman–Crippen LogP) is 2.43. The second-order valence-corrected chi connectivity index (χ2v) is 4.70. The molecule has 0 spiro atoms. The summed E-state index contributed by atoms with van der Waals surface area (Å²) in [6.07, 6.45) is -3.41. The van der Waals surface area contributed by atoms with E-state index in [9.17, 15) is 13.2 Å². The largest absolute Gasteiger partial charge is 0.399 e. The Balaban J connectivity index is 4.36. The fourth-order valence-electron chi connectivity index (χ4n) is 1.40. The normalized spacial score (nSPS) is 16.2. The lowest BCUT2D eigenvalue weighted by atomic mass is 10.1. The second kappa shape index (κ2) is 6.39. The van der Waals surface area contributed by atoms with Gasteiger partial charge in [0.05, 0.1) is 4.99 Å². The number of thiocarbonyl (C=S) groups is 1. The summed E-state index contributed by atoms with van der Waals surface area (Å²) in [6, 6.07) is 0. The molecule has 0 fully saturated rings. The van der Waals surface area contributed by atoms with Crippen LogP contribution in [-0.2, 0) is 0 Å². The maximum atomic E-state index is 12.6. The van der Waals surface area contributed by atoms with Gasteiger partial charge in [-0.15, -0.1) is 0 Å². The van der Waals surface area contributed by atoms with E-state index in [2.05, 4.69) is 12.2 Å². The molecule has 6 heteroatoms. The molecule has 0 aromatic rings. The smallest absolute Gasteiger partial charge is 0.393 e. The van der Waals surface area contributed by atoms with E-state index in [4.69, 9.17) is 5.73 Å². The Morgan fingerprint density at radius 3 is 2.19 bits per heavy atom. The van der Waals surface area contributed by atoms with E-state index < -0.39 is 17.1 Å². The number of alkyl halides is 3. The number of hydrogen-bond donors (Lipinski definition) is 1. The van der Waals surface area contributed by atoms with Crippen molar-refractivity contribution in [3.8, 4) is 0 Å². The Morgan fingerprint density at radius 1 is 1.38 bits per heavy atom. The molecular weight excluding hydrogens is 237 g/mol. The van der Waals surface area contributed by atoms with Gasteiger partial charge in [-0.3, -0.25) is 0 Å². The molecule has 2 N–H and O–H groups in total. The minimum absolute atomic E-state index is 0.164. The van der Waals surface area contributed by atoms with Crippen molar-refractivity contribution in [1.29, 1.82) is 0 Å². The Kier molecular flexibility index (Phi) is 6.25. The van der Waals surface area contributed by atoms with E-state index in [1.54, 1.807) is 11.9 Å². The number of nitrogens with two attached hydrogens (primary N) is 1. The van der Waals surface area contributed by atoms with Crippen molar-refractivity contribution < 1.29 is 13.2 Å². The van der Waals surface area contributed by atoms with Gasteiger partial charge in [-0.1, -0.05) is 32.5 Å². The monoisotopic (exact) mass is 256 g/mol. The van der Waals surface area contributed by atoms with Crippen molar-refractivity contribution in [1.82, 2.24) is 4.90 Å². The lowest BCUT2D eigenvalue weighted by molar-refractivity contribution is -0.158. The van der Waals surface area contributed by atoms with Crippen molar-refractivity contribution in [3.63, 3.8) is 0 Å². The molecule has 0 saturated heterocycles. The van der Waals surface area contributed by atoms with Crippen LogP contribution >= 0.6 is 12.2 Å². The minimum atomic E-state index is -4.35. The van der Waals surface area contributed by atoms with Gasteiger partial charge in [0.25, 0.3) is 0 Å². The van der Waals surface area contributed by atoms with E-state index in [1.165, 1.54) is 0 Å². The first-order valence-electron chi connectivity index (χ1n) is 5.23. The zero-order valence-electron chi connectivity index (χ0n) is 9.84. The van der Waals surface area contributed by atoms with Crippen LogP contribution in [-0.4, -0.2) is 36.2 Å². The molecule has 0 aliphatic rings. The standard InChI is InChI=1S/C10H19F3N2S/c1-4-7(2)5-15(3)6-8(9(14)16)10(11,12)13/h7-8H,4-6H2,1-3H3,(H2,14,16). The quantitative estimate of drug-likeness (QED) is 0.740. The van der Waals surface area contributed by atoms with Crippen molar-refractivity contribution in [3.05, 3.63) is 0 Å². The number of halogens is 3. The summed E-state index contributed by atoms with van der Waals surface area (Å²) < 4.78 is 37.7. The zero-order valence-corrected chi connectivity index (χ0v) is 10.7. The van der Waals surface area contributed by atoms with Crippen LogP contribution in [0.3, 0.4) is 0 Å². The van der Waals surface area contributed by atoms with Crippen LogP contribution in [0.15, 0.2) is 0 Å². The first kappa shape index (κ1) is 15.6. The highest BCUT2D eigenvalue weighted by molar-refractivity contribution is 7.80. The van der Waals surface area contributed by atoms with Crippen LogP contribution in [0.4, 0.5) is 13.2 Å². The fourth-order valence-corrected chi connectivity index (χ4v) is 1.61. The number of rotatable bonds is 6. The van der Waals surface area contributed by atoms with Crippen molar-refractivity contribution in [2.45, 2.75) is 26.4 Å². The van der Waals surface area contributed by atoms with Crippen LogP contribution in [0.5, 0.6) is 0 Å². The average molecular weight is 256 g/mol. The molecule has 0 heterocycles. The molecule has 0 rings (SSSR count). The average Bonchev–Trinajstić information content (AvgIpc) is 2.11. The maximum Gasteiger partial charge on any atom is 0.399 e. The van der Waals surface area contributed by atoms with Gasteiger partial charge in [0.1, 0.15) is 5.92 Å². The molecule has 0 aliphatic heterocycles. The molecule has 96 valence electrons. The summed E-state index contributed by atoms with van der Waals surface area (Å²) in [5, 5.41) is 0. The van der Waals surface area contributed by atoms with E-state index in [0.29, 0.717) is 12.5 Å². The van der Waals surface area contributed by atoms with Crippen molar-refractivity contribution in [2.75, 3.05) is 20.1 Å². The molecule has 0 aromatic carbocycles. The van der Waals surface area contributed by atoms with Gasteiger partial charge in [0.2, 0.25) is 0 Å². The highest BCUT2D eigenvalue weighted by Crippen LogP contribution is 2.27. The summed E-state index contributed by atoms with van der Waals surface area (Å²) in [7, 11) is 1.66. The summed E-state index contributed by atoms with van der Waals surface area (Å²) in [4.78, 5) is 1.15. The molecule has 16 heavy (non-hydrogen) atoms. The fraction of sp³-hybridized carbons (Fsp3) is 0.900. The van der Waals surface area contributed by atoms with E-state index in [-0.39, 0.29) is 6.54 Å². The highest BCUT2D eigenvalue weighted by Gasteiger charge is 2.42. The molecule has 0 saturated carbocycles. The summed E-state index contributed by atoms with van der Waals surface area (Å²) in [5.74, 6) is -1.35. The van der Waals surface area contributed by atoms with E-state index >= 15 is 0 Å². The van der Waals surface area contributed by atoms with Crippen LogP contribution in [0.25, 0.3) is 0 Å². The van der Waals surface area contributed by atoms with Gasteiger partial charge in [-0.25, -0.2) is 0 Å². The minimum Gasteiger partial charge on any atom is -0.393 e. The first-order valence-corrected chi connectivity index (χ1v) is 5.63.